The maximum absolute atomic E-state index is 11.5. The van der Waals surface area contributed by atoms with Crippen LogP contribution in [0.4, 0.5) is 0 Å². The van der Waals surface area contributed by atoms with E-state index < -0.39 is 32.6 Å². The molecule has 0 bridgehead atoms. The summed E-state index contributed by atoms with van der Waals surface area (Å²) in [6, 6.07) is 0. The Morgan fingerprint density at radius 3 is 2.29 bits per heavy atom. The molecule has 1 aliphatic rings. The van der Waals surface area contributed by atoms with Gasteiger partial charge in [-0.2, -0.15) is 0 Å². The third kappa shape index (κ3) is 1.76. The van der Waals surface area contributed by atoms with Gasteiger partial charge in [-0.25, -0.2) is 8.42 Å². The number of aliphatic hydroxyl groups is 1. The molecule has 1 fully saturated rings. The standard InChI is InChI=1S/C8H15NO4S/c1-4-14(12,13)7-5(6(10)9-7)8(2,3)11/h5,7,11H,4H2,1-3H3,(H,9,10). The first-order valence-electron chi connectivity index (χ1n) is 4.44. The lowest BCUT2D eigenvalue weighted by Crippen LogP contribution is -2.68. The molecule has 0 aliphatic carbocycles. The molecule has 1 amide bonds. The molecule has 0 aromatic rings. The van der Waals surface area contributed by atoms with Crippen molar-refractivity contribution in [3.8, 4) is 0 Å². The molecule has 0 radical (unpaired) electrons. The number of rotatable bonds is 3. The van der Waals surface area contributed by atoms with E-state index in [1.165, 1.54) is 20.8 Å². The van der Waals surface area contributed by atoms with Gasteiger partial charge < -0.3 is 10.4 Å². The van der Waals surface area contributed by atoms with Crippen LogP contribution in [0.2, 0.25) is 0 Å². The summed E-state index contributed by atoms with van der Waals surface area (Å²) in [5.41, 5.74) is -1.30. The van der Waals surface area contributed by atoms with Crippen molar-refractivity contribution in [2.24, 2.45) is 5.92 Å². The molecule has 0 aromatic carbocycles. The minimum absolute atomic E-state index is 0.0372. The third-order valence-corrected chi connectivity index (χ3v) is 4.39. The van der Waals surface area contributed by atoms with Gasteiger partial charge in [0.25, 0.3) is 0 Å². The normalized spacial score (nSPS) is 28.1. The fourth-order valence-electron chi connectivity index (χ4n) is 1.52. The van der Waals surface area contributed by atoms with Crippen molar-refractivity contribution in [3.63, 3.8) is 0 Å². The van der Waals surface area contributed by atoms with Crippen molar-refractivity contribution in [3.05, 3.63) is 0 Å². The zero-order valence-corrected chi connectivity index (χ0v) is 9.26. The Bertz CT molecular complexity index is 341. The number of nitrogens with one attached hydrogen (secondary N) is 1. The van der Waals surface area contributed by atoms with Crippen molar-refractivity contribution in [2.75, 3.05) is 5.75 Å². The number of carbonyl (C=O) groups is 1. The topological polar surface area (TPSA) is 83.5 Å². The number of β-lactam (4-membered cyclic amide) rings is 1. The van der Waals surface area contributed by atoms with E-state index in [0.29, 0.717) is 0 Å². The molecule has 2 atom stereocenters. The van der Waals surface area contributed by atoms with Crippen LogP contribution in [0.3, 0.4) is 0 Å². The molecule has 82 valence electrons. The molecular weight excluding hydrogens is 206 g/mol. The first-order valence-corrected chi connectivity index (χ1v) is 6.16. The highest BCUT2D eigenvalue weighted by Crippen LogP contribution is 2.30. The van der Waals surface area contributed by atoms with Crippen molar-refractivity contribution < 1.29 is 18.3 Å². The SMILES string of the molecule is CCS(=O)(=O)C1NC(=O)C1C(C)(C)O. The first-order chi connectivity index (χ1) is 6.20. The zero-order chi connectivity index (χ0) is 11.1. The van der Waals surface area contributed by atoms with E-state index in [4.69, 9.17) is 0 Å². The molecule has 1 rings (SSSR count). The molecule has 1 heterocycles. The molecule has 2 unspecified atom stereocenters. The number of amides is 1. The third-order valence-electron chi connectivity index (χ3n) is 2.42. The average molecular weight is 221 g/mol. The summed E-state index contributed by atoms with van der Waals surface area (Å²) in [5.74, 6) is -1.29. The van der Waals surface area contributed by atoms with E-state index in [2.05, 4.69) is 5.32 Å². The van der Waals surface area contributed by atoms with Crippen LogP contribution < -0.4 is 5.32 Å². The highest BCUT2D eigenvalue weighted by atomic mass is 32.2. The summed E-state index contributed by atoms with van der Waals surface area (Å²) >= 11 is 0. The van der Waals surface area contributed by atoms with Gasteiger partial charge in [0.1, 0.15) is 11.3 Å². The predicted molar refractivity (Wildman–Crippen MR) is 51.2 cm³/mol. The van der Waals surface area contributed by atoms with Crippen molar-refractivity contribution in [2.45, 2.75) is 31.7 Å². The average Bonchev–Trinajstić information content (AvgIpc) is 1.96. The summed E-state index contributed by atoms with van der Waals surface area (Å²) < 4.78 is 22.9. The summed E-state index contributed by atoms with van der Waals surface area (Å²) in [6.45, 7) is 4.39. The van der Waals surface area contributed by atoms with Crippen molar-refractivity contribution in [1.29, 1.82) is 0 Å². The second kappa shape index (κ2) is 3.20. The van der Waals surface area contributed by atoms with Gasteiger partial charge in [-0.3, -0.25) is 4.79 Å². The number of hydrogen-bond donors (Lipinski definition) is 2. The van der Waals surface area contributed by atoms with Crippen LogP contribution in [-0.4, -0.2) is 36.2 Å². The Morgan fingerprint density at radius 1 is 1.50 bits per heavy atom. The minimum Gasteiger partial charge on any atom is -0.390 e. The van der Waals surface area contributed by atoms with Crippen LogP contribution in [0.5, 0.6) is 0 Å². The molecular formula is C8H15NO4S. The van der Waals surface area contributed by atoms with Crippen molar-refractivity contribution >= 4 is 15.7 Å². The van der Waals surface area contributed by atoms with Crippen LogP contribution in [-0.2, 0) is 14.6 Å². The monoisotopic (exact) mass is 221 g/mol. The second-order valence-electron chi connectivity index (χ2n) is 4.01. The molecule has 14 heavy (non-hydrogen) atoms. The van der Waals surface area contributed by atoms with E-state index in [0.717, 1.165) is 0 Å². The summed E-state index contributed by atoms with van der Waals surface area (Å²) in [6.07, 6.45) is 0. The zero-order valence-electron chi connectivity index (χ0n) is 8.44. The number of sulfone groups is 1. The van der Waals surface area contributed by atoms with Gasteiger partial charge in [0, 0.05) is 5.75 Å². The predicted octanol–water partition coefficient (Wildman–Crippen LogP) is -0.736. The quantitative estimate of drug-likeness (QED) is 0.615. The van der Waals surface area contributed by atoms with Gasteiger partial charge in [0.05, 0.1) is 5.60 Å². The van der Waals surface area contributed by atoms with Crippen molar-refractivity contribution in [1.82, 2.24) is 5.32 Å². The second-order valence-corrected chi connectivity index (χ2v) is 6.42. The van der Waals surface area contributed by atoms with Crippen LogP contribution in [0.25, 0.3) is 0 Å². The highest BCUT2D eigenvalue weighted by Gasteiger charge is 2.53. The van der Waals surface area contributed by atoms with Gasteiger partial charge in [0.15, 0.2) is 9.84 Å². The van der Waals surface area contributed by atoms with Gasteiger partial charge >= 0.3 is 0 Å². The highest BCUT2D eigenvalue weighted by molar-refractivity contribution is 7.92. The molecule has 0 aromatic heterocycles. The van der Waals surface area contributed by atoms with Crippen LogP contribution in [0.1, 0.15) is 20.8 Å². The minimum atomic E-state index is -3.32. The molecule has 1 aliphatic heterocycles. The first kappa shape index (κ1) is 11.5. The Balaban J connectivity index is 2.92. The van der Waals surface area contributed by atoms with Gasteiger partial charge in [-0.15, -0.1) is 0 Å². The van der Waals surface area contributed by atoms with E-state index in [-0.39, 0.29) is 5.75 Å². The summed E-state index contributed by atoms with van der Waals surface area (Å²) in [7, 11) is -3.32. The number of hydrogen-bond acceptors (Lipinski definition) is 4. The lowest BCUT2D eigenvalue weighted by molar-refractivity contribution is -0.143. The lowest BCUT2D eigenvalue weighted by Gasteiger charge is -2.42. The van der Waals surface area contributed by atoms with Crippen LogP contribution in [0.15, 0.2) is 0 Å². The number of carbonyl (C=O) groups excluding carboxylic acids is 1. The van der Waals surface area contributed by atoms with E-state index >= 15 is 0 Å². The maximum atomic E-state index is 11.5. The molecule has 0 spiro atoms. The Labute approximate surface area is 83.4 Å². The van der Waals surface area contributed by atoms with E-state index in [1.807, 2.05) is 0 Å². The Morgan fingerprint density at radius 2 is 2.00 bits per heavy atom. The summed E-state index contributed by atoms with van der Waals surface area (Å²) in [4.78, 5) is 11.1. The maximum Gasteiger partial charge on any atom is 0.230 e. The molecule has 0 saturated carbocycles. The lowest BCUT2D eigenvalue weighted by atomic mass is 9.85. The van der Waals surface area contributed by atoms with E-state index in [9.17, 15) is 18.3 Å². The molecule has 1 saturated heterocycles. The largest absolute Gasteiger partial charge is 0.390 e. The molecule has 5 nitrogen and oxygen atoms in total. The molecule has 6 heteroatoms. The Hall–Kier alpha value is -0.620. The summed E-state index contributed by atoms with van der Waals surface area (Å²) in [5, 5.41) is 11.0. The fourth-order valence-corrected chi connectivity index (χ4v) is 3.05. The van der Waals surface area contributed by atoms with Gasteiger partial charge in [0.2, 0.25) is 5.91 Å². The van der Waals surface area contributed by atoms with Gasteiger partial charge in [-0.05, 0) is 13.8 Å². The molecule has 2 N–H and O–H groups in total. The van der Waals surface area contributed by atoms with Crippen LogP contribution in [0, 0.1) is 5.92 Å². The smallest absolute Gasteiger partial charge is 0.230 e. The Kier molecular flexibility index (Phi) is 2.62. The van der Waals surface area contributed by atoms with E-state index in [1.54, 1.807) is 0 Å². The van der Waals surface area contributed by atoms with Gasteiger partial charge in [-0.1, -0.05) is 6.92 Å². The van der Waals surface area contributed by atoms with Crippen LogP contribution >= 0.6 is 0 Å². The fraction of sp³-hybridized carbons (Fsp3) is 0.875.